The summed E-state index contributed by atoms with van der Waals surface area (Å²) in [6.07, 6.45) is 2.13. The number of rotatable bonds is 6. The van der Waals surface area contributed by atoms with Crippen molar-refractivity contribution in [1.82, 2.24) is 9.21 Å². The number of likely N-dealkylation sites (tertiary alicyclic amines) is 1. The van der Waals surface area contributed by atoms with Gasteiger partial charge in [-0.2, -0.15) is 4.31 Å². The average molecular weight is 483 g/mol. The number of benzene rings is 2. The molecule has 1 amide bonds. The lowest BCUT2D eigenvalue weighted by atomic mass is 9.79. The highest BCUT2D eigenvalue weighted by Gasteiger charge is 2.50. The predicted octanol–water partition coefficient (Wildman–Crippen LogP) is 4.74. The van der Waals surface area contributed by atoms with Crippen LogP contribution in [0.15, 0.2) is 76.3 Å². The Balaban J connectivity index is 1.25. The van der Waals surface area contributed by atoms with Gasteiger partial charge in [0.1, 0.15) is 15.7 Å². The minimum Gasteiger partial charge on any atom is -0.457 e. The van der Waals surface area contributed by atoms with Crippen LogP contribution in [0.3, 0.4) is 0 Å². The molecule has 0 N–H and O–H groups in total. The third kappa shape index (κ3) is 4.43. The zero-order valence-electron chi connectivity index (χ0n) is 18.2. The number of nitrogens with zero attached hydrogens (tertiary/aromatic N) is 2. The second kappa shape index (κ2) is 8.93. The van der Waals surface area contributed by atoms with Crippen molar-refractivity contribution in [3.8, 4) is 11.5 Å². The summed E-state index contributed by atoms with van der Waals surface area (Å²) in [6.45, 7) is 1.91. The normalized spacial score (nSPS) is 21.6. The topological polar surface area (TPSA) is 66.9 Å². The molecule has 0 saturated carbocycles. The van der Waals surface area contributed by atoms with Gasteiger partial charge >= 0.3 is 0 Å². The van der Waals surface area contributed by atoms with Crippen LogP contribution < -0.4 is 4.74 Å². The number of carbonyl (C=O) groups excluding carboxylic acids is 1. The largest absolute Gasteiger partial charge is 0.457 e. The highest BCUT2D eigenvalue weighted by Crippen LogP contribution is 2.42. The van der Waals surface area contributed by atoms with E-state index in [2.05, 4.69) is 0 Å². The molecule has 2 aliphatic rings. The number of ether oxygens (including phenoxy) is 1. The number of carbonyl (C=O) groups is 1. The van der Waals surface area contributed by atoms with E-state index in [4.69, 9.17) is 4.74 Å². The van der Waals surface area contributed by atoms with Gasteiger partial charge in [0.15, 0.2) is 0 Å². The van der Waals surface area contributed by atoms with Crippen LogP contribution in [-0.4, -0.2) is 43.2 Å². The summed E-state index contributed by atoms with van der Waals surface area (Å²) in [5.74, 6) is 1.59. The predicted molar refractivity (Wildman–Crippen MR) is 128 cm³/mol. The third-order valence-electron chi connectivity index (χ3n) is 6.51. The van der Waals surface area contributed by atoms with Crippen LogP contribution in [0.4, 0.5) is 0 Å². The lowest BCUT2D eigenvalue weighted by molar-refractivity contribution is -0.138. The molecule has 0 bridgehead atoms. The van der Waals surface area contributed by atoms with Gasteiger partial charge in [-0.05, 0) is 60.5 Å². The molecule has 6 nitrogen and oxygen atoms in total. The van der Waals surface area contributed by atoms with Crippen molar-refractivity contribution in [3.63, 3.8) is 0 Å². The molecule has 33 heavy (non-hydrogen) atoms. The number of hydrogen-bond donors (Lipinski definition) is 0. The monoisotopic (exact) mass is 482 g/mol. The molecular weight excluding hydrogens is 456 g/mol. The number of para-hydroxylation sites is 1. The van der Waals surface area contributed by atoms with Crippen molar-refractivity contribution in [2.24, 2.45) is 5.41 Å². The summed E-state index contributed by atoms with van der Waals surface area (Å²) >= 11 is 1.22. The van der Waals surface area contributed by atoms with Crippen LogP contribution in [0.25, 0.3) is 0 Å². The van der Waals surface area contributed by atoms with E-state index in [1.807, 2.05) is 59.5 Å². The molecule has 1 spiro atoms. The van der Waals surface area contributed by atoms with Gasteiger partial charge < -0.3 is 9.64 Å². The SMILES string of the molecule is O=C1N(Cc2ccc(Oc3ccccc3)cc2)CCC12CCCN(S(=O)(=O)c1cccs1)C2. The number of amides is 1. The summed E-state index contributed by atoms with van der Waals surface area (Å²) in [5.41, 5.74) is 0.415. The Morgan fingerprint density at radius 1 is 0.909 bits per heavy atom. The molecule has 1 aromatic heterocycles. The molecule has 2 saturated heterocycles. The maximum atomic E-state index is 13.4. The molecule has 1 unspecified atom stereocenters. The minimum atomic E-state index is -3.55. The molecule has 172 valence electrons. The fourth-order valence-electron chi connectivity index (χ4n) is 4.76. The molecular formula is C25H26N2O4S2. The highest BCUT2D eigenvalue weighted by molar-refractivity contribution is 7.91. The summed E-state index contributed by atoms with van der Waals surface area (Å²) in [5, 5.41) is 1.77. The molecule has 1 atom stereocenters. The molecule has 3 aromatic rings. The van der Waals surface area contributed by atoms with Gasteiger partial charge in [-0.25, -0.2) is 8.42 Å². The van der Waals surface area contributed by atoms with Crippen molar-refractivity contribution < 1.29 is 17.9 Å². The Morgan fingerprint density at radius 3 is 2.39 bits per heavy atom. The zero-order chi connectivity index (χ0) is 22.9. The second-order valence-electron chi connectivity index (χ2n) is 8.69. The Labute approximate surface area is 198 Å². The second-order valence-corrected chi connectivity index (χ2v) is 11.8. The molecule has 2 aliphatic heterocycles. The smallest absolute Gasteiger partial charge is 0.252 e. The number of hydrogen-bond acceptors (Lipinski definition) is 5. The van der Waals surface area contributed by atoms with E-state index < -0.39 is 15.4 Å². The first-order valence-corrected chi connectivity index (χ1v) is 13.4. The maximum absolute atomic E-state index is 13.4. The lowest BCUT2D eigenvalue weighted by Crippen LogP contribution is -2.49. The maximum Gasteiger partial charge on any atom is 0.252 e. The van der Waals surface area contributed by atoms with Crippen molar-refractivity contribution in [3.05, 3.63) is 77.7 Å². The van der Waals surface area contributed by atoms with Gasteiger partial charge in [0.25, 0.3) is 10.0 Å². The lowest BCUT2D eigenvalue weighted by Gasteiger charge is -2.38. The van der Waals surface area contributed by atoms with Crippen LogP contribution in [0.2, 0.25) is 0 Å². The summed E-state index contributed by atoms with van der Waals surface area (Å²) in [6, 6.07) is 20.8. The Morgan fingerprint density at radius 2 is 1.67 bits per heavy atom. The Bertz CT molecular complexity index is 1210. The van der Waals surface area contributed by atoms with Crippen molar-refractivity contribution in [1.29, 1.82) is 0 Å². The Hall–Kier alpha value is -2.68. The van der Waals surface area contributed by atoms with Crippen LogP contribution in [0.1, 0.15) is 24.8 Å². The van der Waals surface area contributed by atoms with Gasteiger partial charge in [0.2, 0.25) is 5.91 Å². The van der Waals surface area contributed by atoms with E-state index in [0.717, 1.165) is 23.5 Å². The van der Waals surface area contributed by atoms with Crippen LogP contribution in [0, 0.1) is 5.41 Å². The zero-order valence-corrected chi connectivity index (χ0v) is 19.9. The molecule has 2 aromatic carbocycles. The summed E-state index contributed by atoms with van der Waals surface area (Å²) < 4.78 is 33.8. The minimum absolute atomic E-state index is 0.0678. The average Bonchev–Trinajstić information content (AvgIpc) is 3.47. The first kappa shape index (κ1) is 22.1. The van der Waals surface area contributed by atoms with Crippen molar-refractivity contribution in [2.75, 3.05) is 19.6 Å². The third-order valence-corrected chi connectivity index (χ3v) is 9.73. The van der Waals surface area contributed by atoms with Gasteiger partial charge in [-0.1, -0.05) is 36.4 Å². The molecule has 8 heteroatoms. The van der Waals surface area contributed by atoms with E-state index >= 15 is 0 Å². The van der Waals surface area contributed by atoms with Gasteiger partial charge in [-0.3, -0.25) is 4.79 Å². The molecule has 0 aliphatic carbocycles. The van der Waals surface area contributed by atoms with E-state index in [9.17, 15) is 13.2 Å². The molecule has 2 fully saturated rings. The van der Waals surface area contributed by atoms with Gasteiger partial charge in [-0.15, -0.1) is 11.3 Å². The first-order valence-electron chi connectivity index (χ1n) is 11.1. The van der Waals surface area contributed by atoms with E-state index in [1.165, 1.54) is 15.6 Å². The van der Waals surface area contributed by atoms with Crippen LogP contribution in [-0.2, 0) is 21.4 Å². The quantitative estimate of drug-likeness (QED) is 0.509. The van der Waals surface area contributed by atoms with Crippen molar-refractivity contribution >= 4 is 27.3 Å². The fourth-order valence-corrected chi connectivity index (χ4v) is 7.47. The Kier molecular flexibility index (Phi) is 5.99. The summed E-state index contributed by atoms with van der Waals surface area (Å²) in [4.78, 5) is 15.3. The highest BCUT2D eigenvalue weighted by atomic mass is 32.2. The van der Waals surface area contributed by atoms with E-state index in [0.29, 0.717) is 36.7 Å². The number of thiophene rings is 1. The van der Waals surface area contributed by atoms with Crippen molar-refractivity contribution in [2.45, 2.75) is 30.0 Å². The fraction of sp³-hybridized carbons (Fsp3) is 0.320. The van der Waals surface area contributed by atoms with E-state index in [1.54, 1.807) is 17.5 Å². The van der Waals surface area contributed by atoms with Gasteiger partial charge in [0.05, 0.1) is 5.41 Å². The summed E-state index contributed by atoms with van der Waals surface area (Å²) in [7, 11) is -3.55. The molecule has 5 rings (SSSR count). The van der Waals surface area contributed by atoms with E-state index in [-0.39, 0.29) is 12.5 Å². The number of piperidine rings is 1. The van der Waals surface area contributed by atoms with Crippen LogP contribution in [0.5, 0.6) is 11.5 Å². The first-order chi connectivity index (χ1) is 16.0. The molecule has 3 heterocycles. The molecule has 0 radical (unpaired) electrons. The van der Waals surface area contributed by atoms with Crippen LogP contribution >= 0.6 is 11.3 Å². The van der Waals surface area contributed by atoms with Gasteiger partial charge in [0, 0.05) is 26.2 Å². The standard InChI is InChI=1S/C25H26N2O4S2/c28-24-25(13-5-15-27(19-25)33(29,30)23-8-4-17-32-23)14-16-26(24)18-20-9-11-22(12-10-20)31-21-6-2-1-3-7-21/h1-4,6-12,17H,5,13-16,18-19H2. The number of sulfonamides is 1.